The lowest BCUT2D eigenvalue weighted by Crippen LogP contribution is -2.47. The van der Waals surface area contributed by atoms with E-state index in [1.807, 2.05) is 29.2 Å². The van der Waals surface area contributed by atoms with Crippen molar-refractivity contribution in [1.82, 2.24) is 4.90 Å². The Bertz CT molecular complexity index is 478. The molecule has 0 aliphatic carbocycles. The monoisotopic (exact) mass is 259 g/mol. The highest BCUT2D eigenvalue weighted by Crippen LogP contribution is 2.27. The summed E-state index contributed by atoms with van der Waals surface area (Å²) in [6.07, 6.45) is 0. The molecule has 0 aromatic heterocycles. The van der Waals surface area contributed by atoms with Crippen LogP contribution in [0, 0.1) is 11.8 Å². The standard InChI is InChI=1S/C15H21N3O/c1-10-8-18(9-11(10)2)15(19)14-7-16-12-5-3-4-6-13(12)17-14/h3-6,10-11,14,16-17H,7-9H2,1-2H3. The summed E-state index contributed by atoms with van der Waals surface area (Å²) < 4.78 is 0. The average molecular weight is 259 g/mol. The van der Waals surface area contributed by atoms with Crippen LogP contribution in [0.15, 0.2) is 24.3 Å². The molecule has 0 radical (unpaired) electrons. The Hall–Kier alpha value is -1.71. The second-order valence-corrected chi connectivity index (χ2v) is 5.82. The van der Waals surface area contributed by atoms with Gasteiger partial charge in [-0.05, 0) is 24.0 Å². The average Bonchev–Trinajstić information content (AvgIpc) is 2.77. The molecule has 1 saturated heterocycles. The summed E-state index contributed by atoms with van der Waals surface area (Å²) in [6, 6.07) is 7.88. The lowest BCUT2D eigenvalue weighted by Gasteiger charge is -2.30. The predicted octanol–water partition coefficient (Wildman–Crippen LogP) is 2.01. The summed E-state index contributed by atoms with van der Waals surface area (Å²) in [5.74, 6) is 1.43. The number of benzene rings is 1. The van der Waals surface area contributed by atoms with E-state index in [0.29, 0.717) is 18.4 Å². The molecule has 0 saturated carbocycles. The smallest absolute Gasteiger partial charge is 0.246 e. The third kappa shape index (κ3) is 2.27. The molecule has 4 heteroatoms. The number of fused-ring (bicyclic) bond motifs is 1. The maximum absolute atomic E-state index is 12.5. The Morgan fingerprint density at radius 2 is 1.79 bits per heavy atom. The topological polar surface area (TPSA) is 44.4 Å². The molecule has 3 unspecified atom stereocenters. The Balaban J connectivity index is 1.70. The van der Waals surface area contributed by atoms with Gasteiger partial charge < -0.3 is 15.5 Å². The van der Waals surface area contributed by atoms with Gasteiger partial charge in [0.05, 0.1) is 11.4 Å². The molecule has 0 spiro atoms. The summed E-state index contributed by atoms with van der Waals surface area (Å²) >= 11 is 0. The Morgan fingerprint density at radius 1 is 1.16 bits per heavy atom. The van der Waals surface area contributed by atoms with Crippen molar-refractivity contribution in [3.05, 3.63) is 24.3 Å². The van der Waals surface area contributed by atoms with E-state index in [1.54, 1.807) is 0 Å². The maximum atomic E-state index is 12.5. The van der Waals surface area contributed by atoms with Crippen molar-refractivity contribution in [2.75, 3.05) is 30.3 Å². The summed E-state index contributed by atoms with van der Waals surface area (Å²) in [7, 11) is 0. The molecule has 2 aliphatic heterocycles. The zero-order valence-electron chi connectivity index (χ0n) is 11.5. The zero-order chi connectivity index (χ0) is 13.4. The molecular weight excluding hydrogens is 238 g/mol. The third-order valence-corrected chi connectivity index (χ3v) is 4.35. The summed E-state index contributed by atoms with van der Waals surface area (Å²) in [6.45, 7) is 6.88. The van der Waals surface area contributed by atoms with Crippen LogP contribution in [0.5, 0.6) is 0 Å². The van der Waals surface area contributed by atoms with Crippen LogP contribution in [-0.2, 0) is 4.79 Å². The van der Waals surface area contributed by atoms with Gasteiger partial charge in [-0.3, -0.25) is 4.79 Å². The number of para-hydroxylation sites is 2. The Labute approximate surface area is 114 Å². The normalized spacial score (nSPS) is 29.4. The van der Waals surface area contributed by atoms with Crippen LogP contribution in [0.25, 0.3) is 0 Å². The van der Waals surface area contributed by atoms with E-state index in [9.17, 15) is 4.79 Å². The van der Waals surface area contributed by atoms with Crippen molar-refractivity contribution in [3.8, 4) is 0 Å². The first-order chi connectivity index (χ1) is 9.15. The van der Waals surface area contributed by atoms with Crippen LogP contribution >= 0.6 is 0 Å². The minimum Gasteiger partial charge on any atom is -0.381 e. The quantitative estimate of drug-likeness (QED) is 0.811. The van der Waals surface area contributed by atoms with Crippen LogP contribution in [0.3, 0.4) is 0 Å². The van der Waals surface area contributed by atoms with E-state index in [1.165, 1.54) is 0 Å². The van der Waals surface area contributed by atoms with Crippen LogP contribution in [0.2, 0.25) is 0 Å². The molecule has 4 nitrogen and oxygen atoms in total. The van der Waals surface area contributed by atoms with Gasteiger partial charge in [0.2, 0.25) is 5.91 Å². The molecule has 1 aromatic rings. The highest BCUT2D eigenvalue weighted by molar-refractivity contribution is 5.88. The van der Waals surface area contributed by atoms with E-state index >= 15 is 0 Å². The number of anilines is 2. The number of amides is 1. The van der Waals surface area contributed by atoms with Crippen LogP contribution in [-0.4, -0.2) is 36.5 Å². The van der Waals surface area contributed by atoms with Crippen LogP contribution < -0.4 is 10.6 Å². The van der Waals surface area contributed by atoms with Gasteiger partial charge >= 0.3 is 0 Å². The first kappa shape index (κ1) is 12.3. The molecule has 0 bridgehead atoms. The lowest BCUT2D eigenvalue weighted by atomic mass is 10.0. The lowest BCUT2D eigenvalue weighted by molar-refractivity contribution is -0.130. The minimum absolute atomic E-state index is 0.146. The molecule has 3 atom stereocenters. The van der Waals surface area contributed by atoms with Gasteiger partial charge in [0.25, 0.3) is 0 Å². The van der Waals surface area contributed by atoms with Crippen LogP contribution in [0.4, 0.5) is 11.4 Å². The molecule has 2 N–H and O–H groups in total. The molecule has 1 aromatic carbocycles. The van der Waals surface area contributed by atoms with E-state index in [2.05, 4.69) is 24.5 Å². The predicted molar refractivity (Wildman–Crippen MR) is 77.3 cm³/mol. The molecular formula is C15H21N3O. The first-order valence-electron chi connectivity index (χ1n) is 7.03. The number of rotatable bonds is 1. The summed E-state index contributed by atoms with van der Waals surface area (Å²) in [4.78, 5) is 14.5. The van der Waals surface area contributed by atoms with Gasteiger partial charge in [0, 0.05) is 19.6 Å². The van der Waals surface area contributed by atoms with Crippen molar-refractivity contribution in [2.45, 2.75) is 19.9 Å². The Morgan fingerprint density at radius 3 is 2.47 bits per heavy atom. The number of nitrogens with zero attached hydrogens (tertiary/aromatic N) is 1. The molecule has 102 valence electrons. The van der Waals surface area contributed by atoms with Gasteiger partial charge in [-0.25, -0.2) is 0 Å². The van der Waals surface area contributed by atoms with Gasteiger partial charge in [-0.1, -0.05) is 26.0 Å². The van der Waals surface area contributed by atoms with E-state index < -0.39 is 0 Å². The highest BCUT2D eigenvalue weighted by atomic mass is 16.2. The number of carbonyl (C=O) groups excluding carboxylic acids is 1. The number of hydrogen-bond donors (Lipinski definition) is 2. The molecule has 1 fully saturated rings. The van der Waals surface area contributed by atoms with Gasteiger partial charge in [-0.2, -0.15) is 0 Å². The minimum atomic E-state index is -0.146. The molecule has 19 heavy (non-hydrogen) atoms. The fourth-order valence-corrected chi connectivity index (χ4v) is 2.89. The second kappa shape index (κ2) is 4.76. The number of hydrogen-bond acceptors (Lipinski definition) is 3. The highest BCUT2D eigenvalue weighted by Gasteiger charge is 2.34. The van der Waals surface area contributed by atoms with E-state index in [0.717, 1.165) is 24.5 Å². The molecule has 2 aliphatic rings. The van der Waals surface area contributed by atoms with Gasteiger partial charge in [-0.15, -0.1) is 0 Å². The van der Waals surface area contributed by atoms with Crippen molar-refractivity contribution >= 4 is 17.3 Å². The largest absolute Gasteiger partial charge is 0.381 e. The van der Waals surface area contributed by atoms with Crippen molar-refractivity contribution in [2.24, 2.45) is 11.8 Å². The van der Waals surface area contributed by atoms with Gasteiger partial charge in [0.1, 0.15) is 6.04 Å². The third-order valence-electron chi connectivity index (χ3n) is 4.35. The van der Waals surface area contributed by atoms with Crippen LogP contribution in [0.1, 0.15) is 13.8 Å². The van der Waals surface area contributed by atoms with Crippen molar-refractivity contribution < 1.29 is 4.79 Å². The number of likely N-dealkylation sites (tertiary alicyclic amines) is 1. The molecule has 1 amide bonds. The fourth-order valence-electron chi connectivity index (χ4n) is 2.89. The summed E-state index contributed by atoms with van der Waals surface area (Å²) in [5.41, 5.74) is 2.10. The molecule has 2 heterocycles. The molecule has 3 rings (SSSR count). The van der Waals surface area contributed by atoms with Crippen molar-refractivity contribution in [1.29, 1.82) is 0 Å². The number of carbonyl (C=O) groups is 1. The summed E-state index contributed by atoms with van der Waals surface area (Å²) in [5, 5.41) is 6.68. The first-order valence-corrected chi connectivity index (χ1v) is 7.03. The van der Waals surface area contributed by atoms with E-state index in [-0.39, 0.29) is 11.9 Å². The van der Waals surface area contributed by atoms with Crippen molar-refractivity contribution in [3.63, 3.8) is 0 Å². The number of nitrogens with one attached hydrogen (secondary N) is 2. The SMILES string of the molecule is CC1CN(C(=O)C2CNc3ccccc3N2)CC1C. The maximum Gasteiger partial charge on any atom is 0.246 e. The Kier molecular flexibility index (Phi) is 3.09. The second-order valence-electron chi connectivity index (χ2n) is 5.82. The van der Waals surface area contributed by atoms with Gasteiger partial charge in [0.15, 0.2) is 0 Å². The zero-order valence-corrected chi connectivity index (χ0v) is 11.5. The van der Waals surface area contributed by atoms with E-state index in [4.69, 9.17) is 0 Å². The fraction of sp³-hybridized carbons (Fsp3) is 0.533.